The van der Waals surface area contributed by atoms with Crippen molar-refractivity contribution in [1.29, 1.82) is 0 Å². The summed E-state index contributed by atoms with van der Waals surface area (Å²) in [6, 6.07) is 4.54. The van der Waals surface area contributed by atoms with E-state index in [4.69, 9.17) is 14.2 Å². The van der Waals surface area contributed by atoms with E-state index in [2.05, 4.69) is 0 Å². The van der Waals surface area contributed by atoms with Crippen LogP contribution in [0.1, 0.15) is 32.4 Å². The third-order valence-electron chi connectivity index (χ3n) is 4.43. The molecular weight excluding hydrogens is 350 g/mol. The molecule has 0 radical (unpaired) electrons. The van der Waals surface area contributed by atoms with Gasteiger partial charge in [-0.3, -0.25) is 9.59 Å². The second-order valence-electron chi connectivity index (χ2n) is 6.52. The molecule has 0 fully saturated rings. The molecule has 1 N–H and O–H groups in total. The number of amides is 1. The molecule has 0 saturated heterocycles. The van der Waals surface area contributed by atoms with Crippen molar-refractivity contribution < 1.29 is 28.9 Å². The van der Waals surface area contributed by atoms with Crippen molar-refractivity contribution in [2.75, 3.05) is 34.0 Å². The van der Waals surface area contributed by atoms with Gasteiger partial charge < -0.3 is 24.2 Å². The zero-order valence-electron chi connectivity index (χ0n) is 16.4. The molecule has 27 heavy (non-hydrogen) atoms. The van der Waals surface area contributed by atoms with Gasteiger partial charge in [-0.15, -0.1) is 0 Å². The van der Waals surface area contributed by atoms with Crippen LogP contribution in [0.25, 0.3) is 0 Å². The lowest BCUT2D eigenvalue weighted by Crippen LogP contribution is -2.34. The summed E-state index contributed by atoms with van der Waals surface area (Å²) < 4.78 is 16.0. The molecule has 1 aromatic rings. The van der Waals surface area contributed by atoms with Gasteiger partial charge >= 0.3 is 0 Å². The van der Waals surface area contributed by atoms with Crippen LogP contribution in [0.15, 0.2) is 29.5 Å². The Morgan fingerprint density at radius 2 is 1.96 bits per heavy atom. The van der Waals surface area contributed by atoms with Crippen molar-refractivity contribution in [3.05, 3.63) is 35.1 Å². The van der Waals surface area contributed by atoms with E-state index >= 15 is 0 Å². The smallest absolute Gasteiger partial charge is 0.290 e. The molecule has 1 heterocycles. The lowest BCUT2D eigenvalue weighted by molar-refractivity contribution is -0.130. The highest BCUT2D eigenvalue weighted by Crippen LogP contribution is 2.41. The monoisotopic (exact) mass is 377 g/mol. The molecule has 0 aromatic heterocycles. The number of hydrogen-bond acceptors (Lipinski definition) is 6. The van der Waals surface area contributed by atoms with Crippen LogP contribution in [-0.4, -0.2) is 55.7 Å². The number of aliphatic hydroxyl groups is 1. The zero-order chi connectivity index (χ0) is 20.1. The highest BCUT2D eigenvalue weighted by Gasteiger charge is 2.43. The SMILES string of the molecule is CCOc1cc(C2C(C(=O)C(C)C)=C(O)C(=O)N2CCOC)ccc1OC. The van der Waals surface area contributed by atoms with Gasteiger partial charge in [0.15, 0.2) is 23.0 Å². The Kier molecular flexibility index (Phi) is 6.85. The van der Waals surface area contributed by atoms with Crippen LogP contribution < -0.4 is 9.47 Å². The van der Waals surface area contributed by atoms with Crippen molar-refractivity contribution in [1.82, 2.24) is 4.90 Å². The van der Waals surface area contributed by atoms with Gasteiger partial charge in [0, 0.05) is 19.6 Å². The lowest BCUT2D eigenvalue weighted by Gasteiger charge is -2.27. The summed E-state index contributed by atoms with van der Waals surface area (Å²) >= 11 is 0. The van der Waals surface area contributed by atoms with E-state index in [1.807, 2.05) is 6.92 Å². The average Bonchev–Trinajstić information content (AvgIpc) is 2.90. The van der Waals surface area contributed by atoms with Crippen molar-refractivity contribution >= 4 is 11.7 Å². The molecule has 1 amide bonds. The molecule has 1 atom stereocenters. The Labute approximate surface area is 159 Å². The fourth-order valence-corrected chi connectivity index (χ4v) is 3.11. The summed E-state index contributed by atoms with van der Waals surface area (Å²) in [4.78, 5) is 26.8. The molecule has 2 rings (SSSR count). The highest BCUT2D eigenvalue weighted by atomic mass is 16.5. The summed E-state index contributed by atoms with van der Waals surface area (Å²) in [6.45, 7) is 6.30. The molecule has 1 aliphatic heterocycles. The summed E-state index contributed by atoms with van der Waals surface area (Å²) in [5, 5.41) is 10.4. The highest BCUT2D eigenvalue weighted by molar-refractivity contribution is 6.09. The molecule has 0 saturated carbocycles. The van der Waals surface area contributed by atoms with Crippen LogP contribution in [0.3, 0.4) is 0 Å². The molecule has 0 spiro atoms. The zero-order valence-corrected chi connectivity index (χ0v) is 16.4. The van der Waals surface area contributed by atoms with Crippen molar-refractivity contribution in [3.63, 3.8) is 0 Å². The van der Waals surface area contributed by atoms with Gasteiger partial charge in [-0.25, -0.2) is 0 Å². The minimum Gasteiger partial charge on any atom is -0.503 e. The normalized spacial score (nSPS) is 17.0. The predicted octanol–water partition coefficient (Wildman–Crippen LogP) is 2.66. The molecule has 1 unspecified atom stereocenters. The summed E-state index contributed by atoms with van der Waals surface area (Å²) in [6.07, 6.45) is 0. The standard InChI is InChI=1S/C20H27NO6/c1-6-27-15-11-13(7-8-14(15)26-5)17-16(18(22)12(2)3)19(23)20(24)21(17)9-10-25-4/h7-8,11-12,17,23H,6,9-10H2,1-5H3. The number of benzene rings is 1. The summed E-state index contributed by atoms with van der Waals surface area (Å²) in [5.41, 5.74) is 0.774. The number of rotatable bonds is 9. The number of carbonyl (C=O) groups is 2. The Morgan fingerprint density at radius 3 is 2.52 bits per heavy atom. The lowest BCUT2D eigenvalue weighted by atomic mass is 9.91. The maximum Gasteiger partial charge on any atom is 0.290 e. The fourth-order valence-electron chi connectivity index (χ4n) is 3.11. The van der Waals surface area contributed by atoms with Gasteiger partial charge in [0.1, 0.15) is 0 Å². The first-order valence-electron chi connectivity index (χ1n) is 8.95. The van der Waals surface area contributed by atoms with Crippen LogP contribution >= 0.6 is 0 Å². The number of hydrogen-bond donors (Lipinski definition) is 1. The Bertz CT molecular complexity index is 740. The molecule has 7 heteroatoms. The average molecular weight is 377 g/mol. The first kappa shape index (κ1) is 20.8. The maximum atomic E-state index is 12.8. The molecule has 0 bridgehead atoms. The number of Topliss-reactive ketones (excluding diaryl/α,β-unsaturated/α-hetero) is 1. The third kappa shape index (κ3) is 4.08. The van der Waals surface area contributed by atoms with E-state index in [0.717, 1.165) is 0 Å². The Morgan fingerprint density at radius 1 is 1.26 bits per heavy atom. The van der Waals surface area contributed by atoms with Gasteiger partial charge in [-0.05, 0) is 24.6 Å². The minimum absolute atomic E-state index is 0.110. The maximum absolute atomic E-state index is 12.8. The van der Waals surface area contributed by atoms with Crippen molar-refractivity contribution in [2.24, 2.45) is 5.92 Å². The second-order valence-corrected chi connectivity index (χ2v) is 6.52. The largest absolute Gasteiger partial charge is 0.503 e. The van der Waals surface area contributed by atoms with Crippen molar-refractivity contribution in [3.8, 4) is 11.5 Å². The summed E-state index contributed by atoms with van der Waals surface area (Å²) in [5.74, 6) is -0.625. The first-order chi connectivity index (χ1) is 12.9. The van der Waals surface area contributed by atoms with E-state index in [-0.39, 0.29) is 30.4 Å². The van der Waals surface area contributed by atoms with E-state index in [0.29, 0.717) is 23.7 Å². The number of ketones is 1. The Balaban J connectivity index is 2.57. The quantitative estimate of drug-likeness (QED) is 0.712. The van der Waals surface area contributed by atoms with Crippen LogP contribution in [0.2, 0.25) is 0 Å². The molecule has 7 nitrogen and oxygen atoms in total. The summed E-state index contributed by atoms with van der Waals surface area (Å²) in [7, 11) is 3.07. The number of carbonyl (C=O) groups excluding carboxylic acids is 2. The number of aliphatic hydroxyl groups excluding tert-OH is 1. The van der Waals surface area contributed by atoms with Gasteiger partial charge in [-0.1, -0.05) is 19.9 Å². The number of methoxy groups -OCH3 is 2. The predicted molar refractivity (Wildman–Crippen MR) is 100.0 cm³/mol. The van der Waals surface area contributed by atoms with Crippen LogP contribution in [0.4, 0.5) is 0 Å². The minimum atomic E-state index is -0.701. The second kappa shape index (κ2) is 8.90. The molecule has 148 valence electrons. The van der Waals surface area contributed by atoms with Gasteiger partial charge in [-0.2, -0.15) is 0 Å². The Hall–Kier alpha value is -2.54. The van der Waals surface area contributed by atoms with Crippen LogP contribution in [0.5, 0.6) is 11.5 Å². The third-order valence-corrected chi connectivity index (χ3v) is 4.43. The molecule has 0 aliphatic carbocycles. The van der Waals surface area contributed by atoms with Gasteiger partial charge in [0.25, 0.3) is 5.91 Å². The van der Waals surface area contributed by atoms with E-state index in [9.17, 15) is 14.7 Å². The topological polar surface area (TPSA) is 85.3 Å². The molecular formula is C20H27NO6. The molecule has 1 aliphatic rings. The van der Waals surface area contributed by atoms with E-state index in [1.54, 1.807) is 39.2 Å². The first-order valence-corrected chi connectivity index (χ1v) is 8.95. The molecule has 1 aromatic carbocycles. The van der Waals surface area contributed by atoms with Crippen LogP contribution in [0, 0.1) is 5.92 Å². The van der Waals surface area contributed by atoms with Gasteiger partial charge in [0.05, 0.1) is 31.9 Å². The van der Waals surface area contributed by atoms with E-state index < -0.39 is 17.7 Å². The number of ether oxygens (including phenoxy) is 3. The van der Waals surface area contributed by atoms with Gasteiger partial charge in [0.2, 0.25) is 0 Å². The number of nitrogens with zero attached hydrogens (tertiary/aromatic N) is 1. The van der Waals surface area contributed by atoms with E-state index in [1.165, 1.54) is 12.0 Å². The van der Waals surface area contributed by atoms with Crippen LogP contribution in [-0.2, 0) is 14.3 Å². The van der Waals surface area contributed by atoms with Crippen molar-refractivity contribution in [2.45, 2.75) is 26.8 Å². The fraction of sp³-hybridized carbons (Fsp3) is 0.500.